The highest BCUT2D eigenvalue weighted by Gasteiger charge is 2.32. The smallest absolute Gasteiger partial charge is 0.258 e. The Hall–Kier alpha value is -2.36. The first-order valence-corrected chi connectivity index (χ1v) is 4.75. The normalized spacial score (nSPS) is 11.4. The maximum Gasteiger partial charge on any atom is 0.416 e. The van der Waals surface area contributed by atoms with Gasteiger partial charge in [0.25, 0.3) is 5.69 Å². The number of hydrogen-bond acceptors (Lipinski definition) is 3. The van der Waals surface area contributed by atoms with Gasteiger partial charge in [0, 0.05) is 6.07 Å². The van der Waals surface area contributed by atoms with E-state index in [9.17, 15) is 23.3 Å². The third-order valence-electron chi connectivity index (χ3n) is 2.06. The first-order chi connectivity index (χ1) is 8.36. The van der Waals surface area contributed by atoms with Crippen LogP contribution in [0.1, 0.15) is 17.5 Å². The molecule has 1 rings (SSSR count). The quantitative estimate of drug-likeness (QED) is 0.613. The molecule has 0 aliphatic rings. The van der Waals surface area contributed by atoms with Crippen molar-refractivity contribution in [3.63, 3.8) is 0 Å². The molecule has 1 aromatic carbocycles. The zero-order chi connectivity index (χ0) is 13.8. The van der Waals surface area contributed by atoms with Gasteiger partial charge in [-0.2, -0.15) is 18.4 Å². The lowest BCUT2D eigenvalue weighted by atomic mass is 10.1. The van der Waals surface area contributed by atoms with Gasteiger partial charge in [-0.05, 0) is 12.1 Å². The zero-order valence-electron chi connectivity index (χ0n) is 8.94. The Balaban J connectivity index is 3.22. The van der Waals surface area contributed by atoms with Crippen LogP contribution in [0.25, 0.3) is 6.08 Å². The fraction of sp³-hybridized carbons (Fsp3) is 0.182. The van der Waals surface area contributed by atoms with Crippen LogP contribution in [0.5, 0.6) is 0 Å². The number of allylic oxidation sites excluding steroid dienone is 1. The zero-order valence-corrected chi connectivity index (χ0v) is 8.94. The van der Waals surface area contributed by atoms with E-state index in [1.54, 1.807) is 6.07 Å². The highest BCUT2D eigenvalue weighted by atomic mass is 19.4. The summed E-state index contributed by atoms with van der Waals surface area (Å²) in [5.41, 5.74) is -1.69. The van der Waals surface area contributed by atoms with E-state index in [1.807, 2.05) is 0 Å². The van der Waals surface area contributed by atoms with Crippen LogP contribution in [-0.4, -0.2) is 4.92 Å². The minimum absolute atomic E-state index is 0.0260. The number of alkyl halides is 3. The second-order valence-electron chi connectivity index (χ2n) is 3.29. The van der Waals surface area contributed by atoms with Crippen LogP contribution < -0.4 is 0 Å². The fourth-order valence-corrected chi connectivity index (χ4v) is 1.26. The van der Waals surface area contributed by atoms with Crippen LogP contribution in [0, 0.1) is 21.4 Å². The molecular formula is C11H7F3N2O2. The molecule has 0 atom stereocenters. The molecule has 0 fully saturated rings. The maximum absolute atomic E-state index is 12.4. The Labute approximate surface area is 100 Å². The molecule has 94 valence electrons. The molecule has 0 saturated heterocycles. The molecule has 18 heavy (non-hydrogen) atoms. The molecule has 0 spiro atoms. The van der Waals surface area contributed by atoms with E-state index in [0.29, 0.717) is 6.07 Å². The predicted octanol–water partition coefficient (Wildman–Crippen LogP) is 3.54. The van der Waals surface area contributed by atoms with Gasteiger partial charge in [-0.1, -0.05) is 12.2 Å². The van der Waals surface area contributed by atoms with Gasteiger partial charge in [0.2, 0.25) is 0 Å². The Kier molecular flexibility index (Phi) is 4.05. The number of benzene rings is 1. The minimum Gasteiger partial charge on any atom is -0.258 e. The van der Waals surface area contributed by atoms with Crippen molar-refractivity contribution in [2.45, 2.75) is 12.6 Å². The SMILES string of the molecule is N#CCC=Cc1ccc(C(F)(F)F)cc1[N+](=O)[O-]. The average molecular weight is 256 g/mol. The van der Waals surface area contributed by atoms with Crippen LogP contribution in [0.3, 0.4) is 0 Å². The van der Waals surface area contributed by atoms with E-state index in [2.05, 4.69) is 0 Å². The summed E-state index contributed by atoms with van der Waals surface area (Å²) >= 11 is 0. The number of nitro groups is 1. The van der Waals surface area contributed by atoms with Crippen LogP contribution in [0.2, 0.25) is 0 Å². The molecular weight excluding hydrogens is 249 g/mol. The lowest BCUT2D eigenvalue weighted by Crippen LogP contribution is -2.06. The van der Waals surface area contributed by atoms with Crippen molar-refractivity contribution < 1.29 is 18.1 Å². The van der Waals surface area contributed by atoms with Gasteiger partial charge in [-0.25, -0.2) is 0 Å². The molecule has 7 heteroatoms. The number of nitriles is 1. The van der Waals surface area contributed by atoms with Crippen molar-refractivity contribution >= 4 is 11.8 Å². The second-order valence-corrected chi connectivity index (χ2v) is 3.29. The van der Waals surface area contributed by atoms with E-state index in [0.717, 1.165) is 12.1 Å². The van der Waals surface area contributed by atoms with Gasteiger partial charge >= 0.3 is 6.18 Å². The summed E-state index contributed by atoms with van der Waals surface area (Å²) in [6.07, 6.45) is -2.01. The molecule has 0 amide bonds. The third kappa shape index (κ3) is 3.31. The van der Waals surface area contributed by atoms with Gasteiger partial charge in [-0.15, -0.1) is 0 Å². The minimum atomic E-state index is -4.63. The molecule has 0 saturated carbocycles. The predicted molar refractivity (Wildman–Crippen MR) is 57.4 cm³/mol. The summed E-state index contributed by atoms with van der Waals surface area (Å²) in [4.78, 5) is 9.79. The molecule has 0 heterocycles. The van der Waals surface area contributed by atoms with Crippen LogP contribution in [0.15, 0.2) is 24.3 Å². The number of halogens is 3. The van der Waals surface area contributed by atoms with E-state index < -0.39 is 22.4 Å². The Morgan fingerprint density at radius 1 is 1.44 bits per heavy atom. The number of nitro benzene ring substituents is 1. The Morgan fingerprint density at radius 2 is 2.11 bits per heavy atom. The van der Waals surface area contributed by atoms with Gasteiger partial charge in [0.1, 0.15) is 0 Å². The first kappa shape index (κ1) is 13.7. The van der Waals surface area contributed by atoms with E-state index in [4.69, 9.17) is 5.26 Å². The molecule has 1 aromatic rings. The molecule has 4 nitrogen and oxygen atoms in total. The summed E-state index contributed by atoms with van der Waals surface area (Å²) in [6.45, 7) is 0. The largest absolute Gasteiger partial charge is 0.416 e. The van der Waals surface area contributed by atoms with E-state index >= 15 is 0 Å². The van der Waals surface area contributed by atoms with Crippen molar-refractivity contribution in [3.05, 3.63) is 45.5 Å². The molecule has 0 N–H and O–H groups in total. The standard InChI is InChI=1S/C11H7F3N2O2/c12-11(13,14)9-5-4-8(3-1-2-6-15)10(7-9)16(17)18/h1,3-5,7H,2H2. The first-order valence-electron chi connectivity index (χ1n) is 4.75. The van der Waals surface area contributed by atoms with Gasteiger partial charge in [0.15, 0.2) is 0 Å². The number of rotatable bonds is 3. The van der Waals surface area contributed by atoms with Crippen LogP contribution in [-0.2, 0) is 6.18 Å². The summed E-state index contributed by atoms with van der Waals surface area (Å²) < 4.78 is 37.2. The second kappa shape index (κ2) is 5.31. The average Bonchev–Trinajstić information content (AvgIpc) is 2.28. The third-order valence-corrected chi connectivity index (χ3v) is 2.06. The lowest BCUT2D eigenvalue weighted by Gasteiger charge is -2.06. The summed E-state index contributed by atoms with van der Waals surface area (Å²) in [5, 5.41) is 19.0. The molecule has 0 aliphatic carbocycles. The summed E-state index contributed by atoms with van der Waals surface area (Å²) in [6, 6.07) is 4.04. The maximum atomic E-state index is 12.4. The molecule has 0 bridgehead atoms. The van der Waals surface area contributed by atoms with Crippen LogP contribution >= 0.6 is 0 Å². The highest BCUT2D eigenvalue weighted by Crippen LogP contribution is 2.33. The lowest BCUT2D eigenvalue weighted by molar-refractivity contribution is -0.385. The van der Waals surface area contributed by atoms with Crippen molar-refractivity contribution in [1.29, 1.82) is 5.26 Å². The van der Waals surface area contributed by atoms with Crippen LogP contribution in [0.4, 0.5) is 18.9 Å². The monoisotopic (exact) mass is 256 g/mol. The molecule has 0 aliphatic heterocycles. The van der Waals surface area contributed by atoms with Crippen molar-refractivity contribution in [2.75, 3.05) is 0 Å². The Bertz CT molecular complexity index is 530. The summed E-state index contributed by atoms with van der Waals surface area (Å²) in [7, 11) is 0. The highest BCUT2D eigenvalue weighted by molar-refractivity contribution is 5.62. The van der Waals surface area contributed by atoms with Crippen molar-refractivity contribution in [3.8, 4) is 6.07 Å². The molecule has 0 unspecified atom stereocenters. The van der Waals surface area contributed by atoms with E-state index in [1.165, 1.54) is 12.2 Å². The number of nitrogens with zero attached hydrogens (tertiary/aromatic N) is 2. The van der Waals surface area contributed by atoms with E-state index in [-0.39, 0.29) is 12.0 Å². The van der Waals surface area contributed by atoms with Gasteiger partial charge in [0.05, 0.1) is 28.5 Å². The molecule has 0 radical (unpaired) electrons. The van der Waals surface area contributed by atoms with Gasteiger partial charge < -0.3 is 0 Å². The topological polar surface area (TPSA) is 66.9 Å². The van der Waals surface area contributed by atoms with Crippen molar-refractivity contribution in [2.24, 2.45) is 0 Å². The molecule has 0 aromatic heterocycles. The summed E-state index contributed by atoms with van der Waals surface area (Å²) in [5.74, 6) is 0. The Morgan fingerprint density at radius 3 is 2.61 bits per heavy atom. The number of hydrogen-bond donors (Lipinski definition) is 0. The fourth-order valence-electron chi connectivity index (χ4n) is 1.26. The van der Waals surface area contributed by atoms with Gasteiger partial charge in [-0.3, -0.25) is 10.1 Å². The van der Waals surface area contributed by atoms with Crippen molar-refractivity contribution in [1.82, 2.24) is 0 Å².